The zero-order valence-corrected chi connectivity index (χ0v) is 12.8. The van der Waals surface area contributed by atoms with E-state index in [1.165, 1.54) is 7.11 Å². The van der Waals surface area contributed by atoms with E-state index < -0.39 is 5.97 Å². The summed E-state index contributed by atoms with van der Waals surface area (Å²) in [5, 5.41) is 1.21. The number of fused-ring (bicyclic) bond motifs is 1. The van der Waals surface area contributed by atoms with Crippen LogP contribution in [0.1, 0.15) is 16.1 Å². The lowest BCUT2D eigenvalue weighted by Gasteiger charge is -2.10. The lowest BCUT2D eigenvalue weighted by Crippen LogP contribution is -2.09. The second-order valence-electron chi connectivity index (χ2n) is 4.88. The molecule has 0 aliphatic carbocycles. The van der Waals surface area contributed by atoms with Crippen LogP contribution in [0.5, 0.6) is 0 Å². The molecule has 1 aromatic heterocycles. The molecule has 0 fully saturated rings. The molecule has 0 saturated heterocycles. The van der Waals surface area contributed by atoms with Crippen molar-refractivity contribution in [2.45, 2.75) is 6.54 Å². The SMILES string of the molecule is COC(=O)c1c(Cl)c2ccccc2n1-c1ccc(CN)cc1. The Kier molecular flexibility index (Phi) is 3.88. The van der Waals surface area contributed by atoms with Gasteiger partial charge in [-0.25, -0.2) is 4.79 Å². The summed E-state index contributed by atoms with van der Waals surface area (Å²) in [7, 11) is 1.35. The molecule has 0 amide bonds. The minimum Gasteiger partial charge on any atom is -0.464 e. The Morgan fingerprint density at radius 2 is 1.86 bits per heavy atom. The Labute approximate surface area is 133 Å². The minimum absolute atomic E-state index is 0.325. The number of nitrogens with two attached hydrogens (primary N) is 1. The first-order valence-corrected chi connectivity index (χ1v) is 7.21. The van der Waals surface area contributed by atoms with Gasteiger partial charge in [-0.3, -0.25) is 0 Å². The number of ether oxygens (including phenoxy) is 1. The molecule has 112 valence electrons. The molecule has 3 rings (SSSR count). The number of para-hydroxylation sites is 1. The van der Waals surface area contributed by atoms with Gasteiger partial charge < -0.3 is 15.0 Å². The standard InChI is InChI=1S/C17H15ClN2O2/c1-22-17(21)16-15(18)13-4-2-3-5-14(13)20(16)12-8-6-11(10-19)7-9-12/h2-9H,10,19H2,1H3. The molecule has 0 atom stereocenters. The Morgan fingerprint density at radius 3 is 2.50 bits per heavy atom. The van der Waals surface area contributed by atoms with E-state index in [4.69, 9.17) is 22.1 Å². The van der Waals surface area contributed by atoms with Crippen LogP contribution in [0, 0.1) is 0 Å². The number of rotatable bonds is 3. The summed E-state index contributed by atoms with van der Waals surface area (Å²) in [6.45, 7) is 0.470. The molecule has 2 N–H and O–H groups in total. The Morgan fingerprint density at radius 1 is 1.18 bits per heavy atom. The van der Waals surface area contributed by atoms with Gasteiger partial charge in [-0.05, 0) is 23.8 Å². The Hall–Kier alpha value is -2.30. The largest absolute Gasteiger partial charge is 0.464 e. The molecule has 0 aliphatic rings. The van der Waals surface area contributed by atoms with Gasteiger partial charge in [0.25, 0.3) is 0 Å². The van der Waals surface area contributed by atoms with E-state index >= 15 is 0 Å². The zero-order chi connectivity index (χ0) is 15.7. The predicted molar refractivity (Wildman–Crippen MR) is 87.5 cm³/mol. The highest BCUT2D eigenvalue weighted by Crippen LogP contribution is 2.33. The van der Waals surface area contributed by atoms with Gasteiger partial charge in [0.15, 0.2) is 5.69 Å². The fourth-order valence-corrected chi connectivity index (χ4v) is 2.85. The number of carbonyl (C=O) groups is 1. The monoisotopic (exact) mass is 314 g/mol. The molecule has 5 heteroatoms. The normalized spacial score (nSPS) is 10.9. The fourth-order valence-electron chi connectivity index (χ4n) is 2.53. The number of aromatic nitrogens is 1. The number of benzene rings is 2. The second kappa shape index (κ2) is 5.83. The van der Waals surface area contributed by atoms with Crippen molar-refractivity contribution in [3.63, 3.8) is 0 Å². The third kappa shape index (κ3) is 2.26. The summed E-state index contributed by atoms with van der Waals surface area (Å²) in [5.41, 5.74) is 8.66. The molecule has 4 nitrogen and oxygen atoms in total. The van der Waals surface area contributed by atoms with Crippen molar-refractivity contribution in [1.29, 1.82) is 0 Å². The highest BCUT2D eigenvalue weighted by atomic mass is 35.5. The molecule has 0 aliphatic heterocycles. The first kappa shape index (κ1) is 14.6. The number of esters is 1. The highest BCUT2D eigenvalue weighted by Gasteiger charge is 2.23. The summed E-state index contributed by atoms with van der Waals surface area (Å²) in [4.78, 5) is 12.2. The van der Waals surface area contributed by atoms with Gasteiger partial charge in [-0.2, -0.15) is 0 Å². The van der Waals surface area contributed by atoms with Crippen molar-refractivity contribution in [2.24, 2.45) is 5.73 Å². The van der Waals surface area contributed by atoms with E-state index in [9.17, 15) is 4.79 Å². The van der Waals surface area contributed by atoms with Gasteiger partial charge in [0, 0.05) is 17.6 Å². The molecule has 0 saturated carbocycles. The maximum absolute atomic E-state index is 12.2. The number of methoxy groups -OCH3 is 1. The lowest BCUT2D eigenvalue weighted by atomic mass is 10.2. The van der Waals surface area contributed by atoms with Crippen LogP contribution < -0.4 is 5.73 Å². The maximum Gasteiger partial charge on any atom is 0.356 e. The highest BCUT2D eigenvalue weighted by molar-refractivity contribution is 6.38. The molecular weight excluding hydrogens is 300 g/mol. The molecule has 22 heavy (non-hydrogen) atoms. The van der Waals surface area contributed by atoms with E-state index in [0.29, 0.717) is 17.3 Å². The number of hydrogen-bond donors (Lipinski definition) is 1. The van der Waals surface area contributed by atoms with Crippen LogP contribution in [-0.4, -0.2) is 17.6 Å². The topological polar surface area (TPSA) is 57.2 Å². The van der Waals surface area contributed by atoms with Gasteiger partial charge in [0.05, 0.1) is 17.6 Å². The molecule has 1 heterocycles. The zero-order valence-electron chi connectivity index (χ0n) is 12.0. The molecule has 0 unspecified atom stereocenters. The van der Waals surface area contributed by atoms with E-state index in [1.807, 2.05) is 53.1 Å². The van der Waals surface area contributed by atoms with Gasteiger partial charge >= 0.3 is 5.97 Å². The van der Waals surface area contributed by atoms with Crippen molar-refractivity contribution >= 4 is 28.5 Å². The van der Waals surface area contributed by atoms with E-state index in [2.05, 4.69) is 0 Å². The molecule has 0 bridgehead atoms. The van der Waals surface area contributed by atoms with Gasteiger partial charge in [0.2, 0.25) is 0 Å². The van der Waals surface area contributed by atoms with Crippen LogP contribution in [0.2, 0.25) is 5.02 Å². The quantitative estimate of drug-likeness (QED) is 0.752. The van der Waals surface area contributed by atoms with Crippen LogP contribution in [0.4, 0.5) is 0 Å². The summed E-state index contributed by atoms with van der Waals surface area (Å²) in [6.07, 6.45) is 0. The van der Waals surface area contributed by atoms with E-state index in [1.54, 1.807) is 0 Å². The van der Waals surface area contributed by atoms with Crippen molar-refractivity contribution < 1.29 is 9.53 Å². The van der Waals surface area contributed by atoms with Gasteiger partial charge in [0.1, 0.15) is 0 Å². The van der Waals surface area contributed by atoms with Crippen LogP contribution in [-0.2, 0) is 11.3 Å². The van der Waals surface area contributed by atoms with E-state index in [-0.39, 0.29) is 0 Å². The number of halogens is 1. The van der Waals surface area contributed by atoms with Crippen LogP contribution in [0.15, 0.2) is 48.5 Å². The average Bonchev–Trinajstić information content (AvgIpc) is 2.87. The number of carbonyl (C=O) groups excluding carboxylic acids is 1. The average molecular weight is 315 g/mol. The molecule has 2 aromatic carbocycles. The number of nitrogens with zero attached hydrogens (tertiary/aromatic N) is 1. The van der Waals surface area contributed by atoms with Crippen molar-refractivity contribution in [1.82, 2.24) is 4.57 Å². The predicted octanol–water partition coefficient (Wildman–Crippen LogP) is 3.53. The fraction of sp³-hybridized carbons (Fsp3) is 0.118. The van der Waals surface area contributed by atoms with Crippen LogP contribution in [0.3, 0.4) is 0 Å². The lowest BCUT2D eigenvalue weighted by molar-refractivity contribution is 0.0592. The summed E-state index contributed by atoms with van der Waals surface area (Å²) < 4.78 is 6.70. The Bertz CT molecular complexity index is 838. The summed E-state index contributed by atoms with van der Waals surface area (Å²) in [6, 6.07) is 15.3. The summed E-state index contributed by atoms with van der Waals surface area (Å²) in [5.74, 6) is -0.468. The molecule has 3 aromatic rings. The second-order valence-corrected chi connectivity index (χ2v) is 5.26. The van der Waals surface area contributed by atoms with Crippen molar-refractivity contribution in [3.05, 3.63) is 64.8 Å². The van der Waals surface area contributed by atoms with Crippen molar-refractivity contribution in [3.8, 4) is 5.69 Å². The first-order chi connectivity index (χ1) is 10.7. The number of hydrogen-bond acceptors (Lipinski definition) is 3. The Balaban J connectivity index is 2.32. The van der Waals surface area contributed by atoms with Crippen LogP contribution in [0.25, 0.3) is 16.6 Å². The van der Waals surface area contributed by atoms with Crippen molar-refractivity contribution in [2.75, 3.05) is 7.11 Å². The first-order valence-electron chi connectivity index (χ1n) is 6.84. The van der Waals surface area contributed by atoms with Crippen LogP contribution >= 0.6 is 11.6 Å². The van der Waals surface area contributed by atoms with Gasteiger partial charge in [-0.15, -0.1) is 0 Å². The minimum atomic E-state index is -0.468. The van der Waals surface area contributed by atoms with E-state index in [0.717, 1.165) is 22.2 Å². The molecule has 0 radical (unpaired) electrons. The third-order valence-corrected chi connectivity index (χ3v) is 4.00. The summed E-state index contributed by atoms with van der Waals surface area (Å²) >= 11 is 6.40. The molecular formula is C17H15ClN2O2. The smallest absolute Gasteiger partial charge is 0.356 e. The maximum atomic E-state index is 12.2. The van der Waals surface area contributed by atoms with Gasteiger partial charge in [-0.1, -0.05) is 41.9 Å². The molecule has 0 spiro atoms. The third-order valence-electron chi connectivity index (χ3n) is 3.62.